The molecule has 4 rings (SSSR count). The summed E-state index contributed by atoms with van der Waals surface area (Å²) < 4.78 is 6.17. The highest BCUT2D eigenvalue weighted by atomic mass is 16.5. The molecule has 3 heteroatoms. The van der Waals surface area contributed by atoms with Crippen molar-refractivity contribution in [3.8, 4) is 5.75 Å². The fraction of sp³-hybridized carbons (Fsp3) is 0.167. The van der Waals surface area contributed by atoms with Crippen LogP contribution in [0.4, 0.5) is 0 Å². The number of ether oxygens (including phenoxy) is 1. The number of carboxylic acids is 1. The molecule has 1 unspecified atom stereocenters. The topological polar surface area (TPSA) is 46.5 Å². The van der Waals surface area contributed by atoms with Crippen molar-refractivity contribution >= 4 is 5.97 Å². The van der Waals surface area contributed by atoms with Crippen molar-refractivity contribution in [2.45, 2.75) is 24.7 Å². The molecule has 0 fully saturated rings. The summed E-state index contributed by atoms with van der Waals surface area (Å²) >= 11 is 0. The van der Waals surface area contributed by atoms with Crippen LogP contribution in [0.3, 0.4) is 0 Å². The van der Waals surface area contributed by atoms with E-state index < -0.39 is 11.9 Å². The molecule has 1 atom stereocenters. The zero-order chi connectivity index (χ0) is 23.1. The minimum Gasteiger partial charge on any atom is -0.494 e. The van der Waals surface area contributed by atoms with E-state index in [1.54, 1.807) is 6.92 Å². The van der Waals surface area contributed by atoms with Crippen LogP contribution in [0.15, 0.2) is 115 Å². The number of aliphatic carboxylic acids is 1. The Balaban J connectivity index is 1.66. The maximum absolute atomic E-state index is 11.2. The SMILES string of the molecule is CC(C(=O)O)c1ccc(OCCC(c2ccccc2)(c2ccccc2)c2ccccc2)cc1. The van der Waals surface area contributed by atoms with Crippen molar-refractivity contribution in [2.75, 3.05) is 6.61 Å². The zero-order valence-corrected chi connectivity index (χ0v) is 18.7. The molecule has 0 saturated heterocycles. The van der Waals surface area contributed by atoms with Gasteiger partial charge < -0.3 is 9.84 Å². The number of rotatable bonds is 9. The first kappa shape index (κ1) is 22.3. The van der Waals surface area contributed by atoms with Gasteiger partial charge in [-0.05, 0) is 47.7 Å². The molecule has 0 spiro atoms. The van der Waals surface area contributed by atoms with E-state index in [4.69, 9.17) is 4.74 Å². The van der Waals surface area contributed by atoms with Crippen LogP contribution in [0.1, 0.15) is 41.5 Å². The quantitative estimate of drug-likeness (QED) is 0.298. The van der Waals surface area contributed by atoms with Gasteiger partial charge in [0, 0.05) is 5.41 Å². The van der Waals surface area contributed by atoms with Crippen LogP contribution in [0, 0.1) is 0 Å². The third-order valence-corrected chi connectivity index (χ3v) is 6.30. The van der Waals surface area contributed by atoms with Crippen LogP contribution in [0.2, 0.25) is 0 Å². The smallest absolute Gasteiger partial charge is 0.310 e. The van der Waals surface area contributed by atoms with Crippen LogP contribution in [-0.4, -0.2) is 17.7 Å². The average Bonchev–Trinajstić information content (AvgIpc) is 2.88. The number of carboxylic acid groups (broad SMARTS) is 1. The van der Waals surface area contributed by atoms with Crippen molar-refractivity contribution in [3.05, 3.63) is 138 Å². The molecule has 3 nitrogen and oxygen atoms in total. The number of carbonyl (C=O) groups is 1. The van der Waals surface area contributed by atoms with Crippen molar-refractivity contribution in [2.24, 2.45) is 0 Å². The molecule has 1 N–H and O–H groups in total. The molecular formula is C30H28O3. The predicted octanol–water partition coefficient (Wildman–Crippen LogP) is 6.68. The maximum Gasteiger partial charge on any atom is 0.310 e. The third kappa shape index (κ3) is 4.83. The summed E-state index contributed by atoms with van der Waals surface area (Å²) in [7, 11) is 0. The van der Waals surface area contributed by atoms with Crippen molar-refractivity contribution in [3.63, 3.8) is 0 Å². The molecule has 166 valence electrons. The lowest BCUT2D eigenvalue weighted by molar-refractivity contribution is -0.138. The summed E-state index contributed by atoms with van der Waals surface area (Å²) in [6.07, 6.45) is 0.748. The Labute approximate surface area is 195 Å². The molecule has 4 aromatic rings. The summed E-state index contributed by atoms with van der Waals surface area (Å²) in [5.41, 5.74) is 4.06. The monoisotopic (exact) mass is 436 g/mol. The first-order valence-electron chi connectivity index (χ1n) is 11.2. The van der Waals surface area contributed by atoms with Crippen LogP contribution in [0.5, 0.6) is 5.75 Å². The molecule has 4 aromatic carbocycles. The minimum absolute atomic E-state index is 0.360. The standard InChI is InChI=1S/C30H28O3/c1-23(29(31)32)24-17-19-28(20-18-24)33-22-21-30(25-11-5-2-6-12-25,26-13-7-3-8-14-26)27-15-9-4-10-16-27/h2-20,23H,21-22H2,1H3,(H,31,32). The second-order valence-electron chi connectivity index (χ2n) is 8.23. The lowest BCUT2D eigenvalue weighted by Crippen LogP contribution is -2.31. The molecular weight excluding hydrogens is 408 g/mol. The Morgan fingerprint density at radius 2 is 1.15 bits per heavy atom. The molecule has 0 aliphatic rings. The summed E-state index contributed by atoms with van der Waals surface area (Å²) in [6.45, 7) is 2.19. The van der Waals surface area contributed by atoms with Gasteiger partial charge in [0.1, 0.15) is 5.75 Å². The van der Waals surface area contributed by atoms with E-state index in [0.29, 0.717) is 6.61 Å². The highest BCUT2D eigenvalue weighted by molar-refractivity contribution is 5.75. The first-order valence-corrected chi connectivity index (χ1v) is 11.2. The highest BCUT2D eigenvalue weighted by Crippen LogP contribution is 2.42. The average molecular weight is 437 g/mol. The van der Waals surface area contributed by atoms with E-state index in [2.05, 4.69) is 72.8 Å². The summed E-state index contributed by atoms with van der Waals surface area (Å²) in [5.74, 6) is -0.637. The maximum atomic E-state index is 11.2. The van der Waals surface area contributed by atoms with Gasteiger partial charge in [0.2, 0.25) is 0 Å². The van der Waals surface area contributed by atoms with Gasteiger partial charge in [-0.3, -0.25) is 4.79 Å². The number of hydrogen-bond acceptors (Lipinski definition) is 2. The fourth-order valence-electron chi connectivity index (χ4n) is 4.42. The Bertz CT molecular complexity index is 1060. The summed E-state index contributed by atoms with van der Waals surface area (Å²) in [5, 5.41) is 9.23. The van der Waals surface area contributed by atoms with E-state index in [1.165, 1.54) is 16.7 Å². The Morgan fingerprint density at radius 1 is 0.727 bits per heavy atom. The van der Waals surface area contributed by atoms with Gasteiger partial charge in [-0.15, -0.1) is 0 Å². The van der Waals surface area contributed by atoms with E-state index in [1.807, 2.05) is 42.5 Å². The van der Waals surface area contributed by atoms with Crippen molar-refractivity contribution in [1.29, 1.82) is 0 Å². The van der Waals surface area contributed by atoms with Crippen LogP contribution >= 0.6 is 0 Å². The lowest BCUT2D eigenvalue weighted by atomic mass is 9.67. The van der Waals surface area contributed by atoms with E-state index in [0.717, 1.165) is 17.7 Å². The Morgan fingerprint density at radius 3 is 1.55 bits per heavy atom. The second-order valence-corrected chi connectivity index (χ2v) is 8.23. The van der Waals surface area contributed by atoms with Gasteiger partial charge in [-0.25, -0.2) is 0 Å². The normalized spacial score (nSPS) is 12.2. The molecule has 0 heterocycles. The fourth-order valence-corrected chi connectivity index (χ4v) is 4.42. The molecule has 33 heavy (non-hydrogen) atoms. The molecule has 0 saturated carbocycles. The second kappa shape index (κ2) is 10.2. The third-order valence-electron chi connectivity index (χ3n) is 6.30. The highest BCUT2D eigenvalue weighted by Gasteiger charge is 2.36. The first-order chi connectivity index (χ1) is 16.1. The van der Waals surface area contributed by atoms with Crippen LogP contribution < -0.4 is 4.74 Å². The number of benzene rings is 4. The van der Waals surface area contributed by atoms with Gasteiger partial charge in [0.05, 0.1) is 12.5 Å². The van der Waals surface area contributed by atoms with Gasteiger partial charge in [-0.1, -0.05) is 103 Å². The molecule has 0 aliphatic carbocycles. The molecule has 0 aliphatic heterocycles. The molecule has 0 amide bonds. The Hall–Kier alpha value is -3.85. The Kier molecular flexibility index (Phi) is 6.89. The predicted molar refractivity (Wildman–Crippen MR) is 132 cm³/mol. The van der Waals surface area contributed by atoms with Gasteiger partial charge in [0.25, 0.3) is 0 Å². The molecule has 0 radical (unpaired) electrons. The van der Waals surface area contributed by atoms with Crippen molar-refractivity contribution < 1.29 is 14.6 Å². The van der Waals surface area contributed by atoms with E-state index in [9.17, 15) is 9.90 Å². The van der Waals surface area contributed by atoms with Crippen LogP contribution in [0.25, 0.3) is 0 Å². The molecule has 0 bridgehead atoms. The minimum atomic E-state index is -0.831. The van der Waals surface area contributed by atoms with Gasteiger partial charge in [-0.2, -0.15) is 0 Å². The van der Waals surface area contributed by atoms with Crippen molar-refractivity contribution in [1.82, 2.24) is 0 Å². The lowest BCUT2D eigenvalue weighted by Gasteiger charge is -2.36. The number of hydrogen-bond donors (Lipinski definition) is 1. The van der Waals surface area contributed by atoms with Gasteiger partial charge >= 0.3 is 5.97 Å². The largest absolute Gasteiger partial charge is 0.494 e. The van der Waals surface area contributed by atoms with Gasteiger partial charge in [0.15, 0.2) is 0 Å². The van der Waals surface area contributed by atoms with Crippen LogP contribution in [-0.2, 0) is 10.2 Å². The molecule has 0 aromatic heterocycles. The summed E-state index contributed by atoms with van der Waals surface area (Å²) in [4.78, 5) is 11.2. The van der Waals surface area contributed by atoms with E-state index >= 15 is 0 Å². The summed E-state index contributed by atoms with van der Waals surface area (Å²) in [6, 6.07) is 39.1. The van der Waals surface area contributed by atoms with E-state index in [-0.39, 0.29) is 5.41 Å². The zero-order valence-electron chi connectivity index (χ0n) is 18.7.